The van der Waals surface area contributed by atoms with Gasteiger partial charge in [-0.25, -0.2) is 0 Å². The topological polar surface area (TPSA) is 66.0 Å². The molecule has 2 aromatic rings. The van der Waals surface area contributed by atoms with Crippen molar-refractivity contribution in [2.45, 2.75) is 38.1 Å². The van der Waals surface area contributed by atoms with Gasteiger partial charge in [0.2, 0.25) is 0 Å². The van der Waals surface area contributed by atoms with Crippen molar-refractivity contribution in [3.05, 3.63) is 52.2 Å². The number of hydrogen-bond donors (Lipinski definition) is 1. The number of benzene rings is 1. The van der Waals surface area contributed by atoms with E-state index in [1.54, 1.807) is 6.07 Å². The molecular formula is C20H19BrN2O2. The Morgan fingerprint density at radius 2 is 1.88 bits per heavy atom. The van der Waals surface area contributed by atoms with E-state index in [2.05, 4.69) is 21.2 Å². The summed E-state index contributed by atoms with van der Waals surface area (Å²) >= 11 is 3.40. The van der Waals surface area contributed by atoms with Crippen molar-refractivity contribution in [2.75, 3.05) is 0 Å². The molecule has 1 amide bonds. The van der Waals surface area contributed by atoms with Crippen molar-refractivity contribution in [3.8, 4) is 17.4 Å². The van der Waals surface area contributed by atoms with Gasteiger partial charge in [0.1, 0.15) is 23.2 Å². The van der Waals surface area contributed by atoms with Crippen LogP contribution in [0.4, 0.5) is 0 Å². The number of halogens is 1. The number of carbonyl (C=O) groups excluding carboxylic acids is 1. The van der Waals surface area contributed by atoms with E-state index < -0.39 is 0 Å². The van der Waals surface area contributed by atoms with E-state index >= 15 is 0 Å². The summed E-state index contributed by atoms with van der Waals surface area (Å²) in [6, 6.07) is 13.5. The van der Waals surface area contributed by atoms with Crippen LogP contribution in [0.5, 0.6) is 0 Å². The van der Waals surface area contributed by atoms with Crippen molar-refractivity contribution in [1.82, 2.24) is 5.32 Å². The molecule has 1 fully saturated rings. The van der Waals surface area contributed by atoms with Gasteiger partial charge in [-0.3, -0.25) is 4.79 Å². The summed E-state index contributed by atoms with van der Waals surface area (Å²) in [5, 5.41) is 12.3. The lowest BCUT2D eigenvalue weighted by Crippen LogP contribution is -2.36. The summed E-state index contributed by atoms with van der Waals surface area (Å²) in [6.07, 6.45) is 6.95. The van der Waals surface area contributed by atoms with Crippen LogP contribution in [0.15, 0.2) is 50.9 Å². The Labute approximate surface area is 155 Å². The third-order valence-electron chi connectivity index (χ3n) is 4.35. The minimum atomic E-state index is -0.323. The molecule has 0 radical (unpaired) electrons. The summed E-state index contributed by atoms with van der Waals surface area (Å²) in [6.45, 7) is 0. The van der Waals surface area contributed by atoms with E-state index in [9.17, 15) is 10.1 Å². The Bertz CT molecular complexity index is 809. The highest BCUT2D eigenvalue weighted by molar-refractivity contribution is 9.10. The van der Waals surface area contributed by atoms with Crippen LogP contribution in [0.2, 0.25) is 0 Å². The maximum atomic E-state index is 12.3. The average Bonchev–Trinajstić information content (AvgIpc) is 3.09. The summed E-state index contributed by atoms with van der Waals surface area (Å²) in [4.78, 5) is 12.3. The van der Waals surface area contributed by atoms with Gasteiger partial charge in [-0.05, 0) is 37.1 Å². The van der Waals surface area contributed by atoms with Crippen LogP contribution in [0, 0.1) is 11.3 Å². The lowest BCUT2D eigenvalue weighted by molar-refractivity contribution is -0.117. The normalized spacial score (nSPS) is 15.6. The molecule has 1 aromatic heterocycles. The number of nitrogens with one attached hydrogen (secondary N) is 1. The van der Waals surface area contributed by atoms with Gasteiger partial charge in [-0.2, -0.15) is 5.26 Å². The minimum Gasteiger partial charge on any atom is -0.457 e. The van der Waals surface area contributed by atoms with Crippen LogP contribution >= 0.6 is 15.9 Å². The smallest absolute Gasteiger partial charge is 0.262 e. The van der Waals surface area contributed by atoms with Gasteiger partial charge < -0.3 is 9.73 Å². The third kappa shape index (κ3) is 4.61. The molecule has 0 atom stereocenters. The molecule has 1 aliphatic carbocycles. The molecule has 3 rings (SSSR count). The Balaban J connectivity index is 1.72. The molecule has 0 saturated heterocycles. The van der Waals surface area contributed by atoms with Crippen LogP contribution in [-0.2, 0) is 4.79 Å². The number of nitriles is 1. The van der Waals surface area contributed by atoms with Crippen molar-refractivity contribution in [1.29, 1.82) is 5.26 Å². The molecule has 1 aliphatic rings. The number of carbonyl (C=O) groups is 1. The van der Waals surface area contributed by atoms with Gasteiger partial charge in [-0.15, -0.1) is 0 Å². The summed E-state index contributed by atoms with van der Waals surface area (Å²) in [5.41, 5.74) is 1.01. The van der Waals surface area contributed by atoms with Crippen molar-refractivity contribution < 1.29 is 9.21 Å². The largest absolute Gasteiger partial charge is 0.457 e. The number of nitrogens with zero attached hydrogens (tertiary/aromatic N) is 1. The van der Waals surface area contributed by atoms with Gasteiger partial charge in [0.05, 0.1) is 0 Å². The van der Waals surface area contributed by atoms with Gasteiger partial charge in [0, 0.05) is 22.2 Å². The zero-order chi connectivity index (χ0) is 17.6. The fourth-order valence-corrected chi connectivity index (χ4v) is 3.26. The highest BCUT2D eigenvalue weighted by Crippen LogP contribution is 2.25. The zero-order valence-electron chi connectivity index (χ0n) is 13.8. The Kier molecular flexibility index (Phi) is 5.72. The Morgan fingerprint density at radius 3 is 2.56 bits per heavy atom. The SMILES string of the molecule is N#C/C(=C/c1ccc(-c2ccc(Br)cc2)o1)C(=O)NC1CCCCC1. The first kappa shape index (κ1) is 17.5. The van der Waals surface area contributed by atoms with Crippen molar-refractivity contribution in [3.63, 3.8) is 0 Å². The average molecular weight is 399 g/mol. The molecular weight excluding hydrogens is 380 g/mol. The maximum Gasteiger partial charge on any atom is 0.262 e. The molecule has 1 N–H and O–H groups in total. The Hall–Kier alpha value is -2.32. The van der Waals surface area contributed by atoms with Crippen LogP contribution in [0.1, 0.15) is 37.9 Å². The second-order valence-corrected chi connectivity index (χ2v) is 7.10. The third-order valence-corrected chi connectivity index (χ3v) is 4.88. The second kappa shape index (κ2) is 8.17. The van der Waals surface area contributed by atoms with Crippen LogP contribution in [0.3, 0.4) is 0 Å². The maximum absolute atomic E-state index is 12.3. The van der Waals surface area contributed by atoms with Crippen LogP contribution in [-0.4, -0.2) is 11.9 Å². The molecule has 1 heterocycles. The van der Waals surface area contributed by atoms with Crippen LogP contribution in [0.25, 0.3) is 17.4 Å². The van der Waals surface area contributed by atoms with E-state index in [4.69, 9.17) is 4.42 Å². The predicted octanol–water partition coefficient (Wildman–Crippen LogP) is 5.06. The number of hydrogen-bond acceptors (Lipinski definition) is 3. The zero-order valence-corrected chi connectivity index (χ0v) is 15.4. The summed E-state index contributed by atoms with van der Waals surface area (Å²) in [7, 11) is 0. The molecule has 0 unspecified atom stereocenters. The number of furan rings is 1. The highest BCUT2D eigenvalue weighted by atomic mass is 79.9. The number of rotatable bonds is 4. The lowest BCUT2D eigenvalue weighted by Gasteiger charge is -2.22. The summed E-state index contributed by atoms with van der Waals surface area (Å²) in [5.74, 6) is 0.869. The van der Waals surface area contributed by atoms with Gasteiger partial charge in [0.15, 0.2) is 0 Å². The molecule has 0 aliphatic heterocycles. The standard InChI is InChI=1S/C20H19BrN2O2/c21-16-8-6-14(7-9-16)19-11-10-18(25-19)12-15(13-22)20(24)23-17-4-2-1-3-5-17/h6-12,17H,1-5H2,(H,23,24)/b15-12-. The first-order chi connectivity index (χ1) is 12.2. The second-order valence-electron chi connectivity index (χ2n) is 6.19. The first-order valence-electron chi connectivity index (χ1n) is 8.44. The molecule has 0 bridgehead atoms. The van der Waals surface area contributed by atoms with Crippen LogP contribution < -0.4 is 5.32 Å². The molecule has 0 spiro atoms. The fourth-order valence-electron chi connectivity index (χ4n) is 3.00. The minimum absolute atomic E-state index is 0.0716. The monoisotopic (exact) mass is 398 g/mol. The molecule has 1 aromatic carbocycles. The van der Waals surface area contributed by atoms with Gasteiger partial charge >= 0.3 is 0 Å². The molecule has 25 heavy (non-hydrogen) atoms. The van der Waals surface area contributed by atoms with Gasteiger partial charge in [-0.1, -0.05) is 47.3 Å². The number of amides is 1. The van der Waals surface area contributed by atoms with Crippen molar-refractivity contribution in [2.24, 2.45) is 0 Å². The van der Waals surface area contributed by atoms with E-state index in [1.165, 1.54) is 12.5 Å². The summed E-state index contributed by atoms with van der Waals surface area (Å²) < 4.78 is 6.75. The quantitative estimate of drug-likeness (QED) is 0.577. The molecule has 1 saturated carbocycles. The lowest BCUT2D eigenvalue weighted by atomic mass is 9.95. The van der Waals surface area contributed by atoms with E-state index in [0.29, 0.717) is 11.5 Å². The van der Waals surface area contributed by atoms with E-state index in [0.717, 1.165) is 35.7 Å². The van der Waals surface area contributed by atoms with Crippen molar-refractivity contribution >= 4 is 27.9 Å². The predicted molar refractivity (Wildman–Crippen MR) is 100 cm³/mol. The Morgan fingerprint density at radius 1 is 1.16 bits per heavy atom. The molecule has 4 nitrogen and oxygen atoms in total. The van der Waals surface area contributed by atoms with E-state index in [1.807, 2.05) is 36.4 Å². The molecule has 5 heteroatoms. The molecule has 128 valence electrons. The van der Waals surface area contributed by atoms with E-state index in [-0.39, 0.29) is 17.5 Å². The van der Waals surface area contributed by atoms with Gasteiger partial charge in [0.25, 0.3) is 5.91 Å². The fraction of sp³-hybridized carbons (Fsp3) is 0.300. The highest BCUT2D eigenvalue weighted by Gasteiger charge is 2.18. The first-order valence-corrected chi connectivity index (χ1v) is 9.23.